The number of anilines is 2. The highest BCUT2D eigenvalue weighted by Gasteiger charge is 2.23. The Morgan fingerprint density at radius 3 is 2.65 bits per heavy atom. The molecule has 2 aromatic carbocycles. The molecule has 0 aliphatic carbocycles. The summed E-state index contributed by atoms with van der Waals surface area (Å²) in [5.41, 5.74) is 4.35. The fourth-order valence-electron chi connectivity index (χ4n) is 4.19. The van der Waals surface area contributed by atoms with Crippen molar-refractivity contribution < 1.29 is 4.79 Å². The SMILES string of the molecule is Cc1nc(C)c(Cc2ccc(Cl)cc2)c(N2CCCN(C(=O)Nc3cccc(C#N)c3)CC2)n1. The zero-order valence-electron chi connectivity index (χ0n) is 19.4. The largest absolute Gasteiger partial charge is 0.354 e. The number of nitriles is 1. The third kappa shape index (κ3) is 5.64. The summed E-state index contributed by atoms with van der Waals surface area (Å²) < 4.78 is 0. The molecule has 0 bridgehead atoms. The van der Waals surface area contributed by atoms with Gasteiger partial charge in [-0.1, -0.05) is 29.8 Å². The number of aryl methyl sites for hydroxylation is 2. The number of halogens is 1. The lowest BCUT2D eigenvalue weighted by Gasteiger charge is -2.26. The van der Waals surface area contributed by atoms with Gasteiger partial charge in [-0.2, -0.15) is 5.26 Å². The molecule has 1 aliphatic heterocycles. The molecule has 1 aromatic heterocycles. The number of nitrogens with zero attached hydrogens (tertiary/aromatic N) is 5. The summed E-state index contributed by atoms with van der Waals surface area (Å²) in [6.45, 7) is 6.64. The fourth-order valence-corrected chi connectivity index (χ4v) is 4.32. The van der Waals surface area contributed by atoms with Gasteiger partial charge in [0.15, 0.2) is 0 Å². The van der Waals surface area contributed by atoms with Gasteiger partial charge in [-0.3, -0.25) is 0 Å². The molecule has 1 N–H and O–H groups in total. The van der Waals surface area contributed by atoms with Crippen molar-refractivity contribution in [3.05, 3.63) is 81.8 Å². The van der Waals surface area contributed by atoms with E-state index in [9.17, 15) is 4.79 Å². The van der Waals surface area contributed by atoms with Crippen LogP contribution in [0.15, 0.2) is 48.5 Å². The highest BCUT2D eigenvalue weighted by Crippen LogP contribution is 2.26. The molecule has 0 saturated carbocycles. The molecule has 1 aliphatic rings. The highest BCUT2D eigenvalue weighted by molar-refractivity contribution is 6.30. The lowest BCUT2D eigenvalue weighted by atomic mass is 10.0. The van der Waals surface area contributed by atoms with E-state index in [2.05, 4.69) is 21.3 Å². The monoisotopic (exact) mass is 474 g/mol. The average Bonchev–Trinajstić information content (AvgIpc) is 3.08. The molecule has 2 heterocycles. The van der Waals surface area contributed by atoms with Crippen LogP contribution in [0.2, 0.25) is 5.02 Å². The molecular weight excluding hydrogens is 448 g/mol. The van der Waals surface area contributed by atoms with Crippen molar-refractivity contribution in [2.45, 2.75) is 26.7 Å². The second-order valence-corrected chi connectivity index (χ2v) is 8.85. The van der Waals surface area contributed by atoms with Gasteiger partial charge in [-0.25, -0.2) is 14.8 Å². The van der Waals surface area contributed by atoms with E-state index in [1.807, 2.05) is 43.0 Å². The molecule has 8 heteroatoms. The second-order valence-electron chi connectivity index (χ2n) is 8.41. The Hall–Kier alpha value is -3.63. The number of hydrogen-bond donors (Lipinski definition) is 1. The van der Waals surface area contributed by atoms with Crippen LogP contribution in [0.4, 0.5) is 16.3 Å². The smallest absolute Gasteiger partial charge is 0.321 e. The van der Waals surface area contributed by atoms with Gasteiger partial charge in [-0.05, 0) is 56.2 Å². The van der Waals surface area contributed by atoms with Crippen molar-refractivity contribution in [1.29, 1.82) is 5.26 Å². The normalized spacial score (nSPS) is 13.8. The Kier molecular flexibility index (Phi) is 7.29. The summed E-state index contributed by atoms with van der Waals surface area (Å²) in [6.07, 6.45) is 1.54. The molecule has 7 nitrogen and oxygen atoms in total. The molecule has 0 atom stereocenters. The molecule has 1 fully saturated rings. The van der Waals surface area contributed by atoms with E-state index < -0.39 is 0 Å². The van der Waals surface area contributed by atoms with Gasteiger partial charge in [0.05, 0.1) is 11.6 Å². The molecule has 1 saturated heterocycles. The molecule has 4 rings (SSSR count). The van der Waals surface area contributed by atoms with Crippen molar-refractivity contribution in [3.8, 4) is 6.07 Å². The number of nitrogens with one attached hydrogen (secondary N) is 1. The Labute approximate surface area is 205 Å². The van der Waals surface area contributed by atoms with Crippen LogP contribution in [-0.2, 0) is 6.42 Å². The zero-order valence-corrected chi connectivity index (χ0v) is 20.1. The van der Waals surface area contributed by atoms with Crippen molar-refractivity contribution in [2.24, 2.45) is 0 Å². The molecule has 34 heavy (non-hydrogen) atoms. The Morgan fingerprint density at radius 2 is 1.88 bits per heavy atom. The summed E-state index contributed by atoms with van der Waals surface area (Å²) in [7, 11) is 0. The van der Waals surface area contributed by atoms with Gasteiger partial charge in [-0.15, -0.1) is 0 Å². The predicted octanol–water partition coefficient (Wildman–Crippen LogP) is 4.95. The van der Waals surface area contributed by atoms with E-state index in [0.29, 0.717) is 42.3 Å². The van der Waals surface area contributed by atoms with Gasteiger partial charge < -0.3 is 15.1 Å². The van der Waals surface area contributed by atoms with E-state index >= 15 is 0 Å². The number of rotatable bonds is 4. The molecule has 174 valence electrons. The summed E-state index contributed by atoms with van der Waals surface area (Å²) in [5.74, 6) is 1.67. The topological polar surface area (TPSA) is 85.2 Å². The summed E-state index contributed by atoms with van der Waals surface area (Å²) >= 11 is 6.06. The van der Waals surface area contributed by atoms with Crippen molar-refractivity contribution in [3.63, 3.8) is 0 Å². The van der Waals surface area contributed by atoms with E-state index in [4.69, 9.17) is 21.8 Å². The van der Waals surface area contributed by atoms with Gasteiger partial charge >= 0.3 is 6.03 Å². The van der Waals surface area contributed by atoms with Crippen LogP contribution in [-0.4, -0.2) is 47.1 Å². The number of amides is 2. The molecule has 0 unspecified atom stereocenters. The maximum atomic E-state index is 12.9. The van der Waals surface area contributed by atoms with E-state index in [0.717, 1.165) is 41.4 Å². The molecule has 0 spiro atoms. The van der Waals surface area contributed by atoms with Gasteiger partial charge in [0, 0.05) is 54.6 Å². The lowest BCUT2D eigenvalue weighted by molar-refractivity contribution is 0.215. The van der Waals surface area contributed by atoms with Gasteiger partial charge in [0.2, 0.25) is 0 Å². The minimum atomic E-state index is -0.159. The summed E-state index contributed by atoms with van der Waals surface area (Å²) in [4.78, 5) is 26.4. The van der Waals surface area contributed by atoms with Crippen LogP contribution in [0.1, 0.15) is 34.6 Å². The maximum absolute atomic E-state index is 12.9. The van der Waals surface area contributed by atoms with Crippen LogP contribution >= 0.6 is 11.6 Å². The van der Waals surface area contributed by atoms with E-state index in [1.165, 1.54) is 0 Å². The van der Waals surface area contributed by atoms with Gasteiger partial charge in [0.25, 0.3) is 0 Å². The first-order valence-electron chi connectivity index (χ1n) is 11.3. The van der Waals surface area contributed by atoms with Crippen LogP contribution in [0.5, 0.6) is 0 Å². The molecule has 3 aromatic rings. The van der Waals surface area contributed by atoms with E-state index in [1.54, 1.807) is 24.3 Å². The maximum Gasteiger partial charge on any atom is 0.321 e. The van der Waals surface area contributed by atoms with Crippen LogP contribution in [0, 0.1) is 25.2 Å². The number of aromatic nitrogens is 2. The van der Waals surface area contributed by atoms with Crippen molar-refractivity contribution in [2.75, 3.05) is 36.4 Å². The summed E-state index contributed by atoms with van der Waals surface area (Å²) in [6, 6.07) is 16.7. The Balaban J connectivity index is 1.49. The van der Waals surface area contributed by atoms with Crippen LogP contribution < -0.4 is 10.2 Å². The van der Waals surface area contributed by atoms with Crippen molar-refractivity contribution >= 4 is 29.1 Å². The third-order valence-electron chi connectivity index (χ3n) is 5.92. The first kappa shape index (κ1) is 23.5. The first-order chi connectivity index (χ1) is 16.4. The highest BCUT2D eigenvalue weighted by atomic mass is 35.5. The number of carbonyl (C=O) groups is 1. The zero-order chi connectivity index (χ0) is 24.1. The van der Waals surface area contributed by atoms with Crippen molar-refractivity contribution in [1.82, 2.24) is 14.9 Å². The number of hydrogen-bond acceptors (Lipinski definition) is 5. The quantitative estimate of drug-likeness (QED) is 0.578. The lowest BCUT2D eigenvalue weighted by Crippen LogP contribution is -2.38. The minimum Gasteiger partial charge on any atom is -0.354 e. The summed E-state index contributed by atoms with van der Waals surface area (Å²) in [5, 5.41) is 12.7. The third-order valence-corrected chi connectivity index (χ3v) is 6.18. The number of benzene rings is 2. The molecular formula is C26H27ClN6O. The van der Waals surface area contributed by atoms with Gasteiger partial charge in [0.1, 0.15) is 11.6 Å². The minimum absolute atomic E-state index is 0.159. The first-order valence-corrected chi connectivity index (χ1v) is 11.7. The number of carbonyl (C=O) groups excluding carboxylic acids is 1. The molecule has 0 radical (unpaired) electrons. The second kappa shape index (κ2) is 10.5. The Bertz CT molecular complexity index is 1220. The number of urea groups is 1. The average molecular weight is 475 g/mol. The van der Waals surface area contributed by atoms with Crippen LogP contribution in [0.3, 0.4) is 0 Å². The molecule has 2 amide bonds. The standard InChI is InChI=1S/C26H27ClN6O/c1-18-24(16-20-7-9-22(27)10-8-20)25(30-19(2)29-18)32-11-4-12-33(14-13-32)26(34)31-23-6-3-5-21(15-23)17-28/h3,5-10,15H,4,11-14,16H2,1-2H3,(H,31,34). The van der Waals surface area contributed by atoms with E-state index in [-0.39, 0.29) is 6.03 Å². The predicted molar refractivity (Wildman–Crippen MR) is 134 cm³/mol. The Morgan fingerprint density at radius 1 is 1.09 bits per heavy atom. The fraction of sp³-hybridized carbons (Fsp3) is 0.308. The van der Waals surface area contributed by atoms with Crippen LogP contribution in [0.25, 0.3) is 0 Å².